The molecule has 9 heteroatoms. The number of benzene rings is 1. The molecule has 27 heavy (non-hydrogen) atoms. The van der Waals surface area contributed by atoms with Gasteiger partial charge in [0.05, 0.1) is 10.9 Å². The van der Waals surface area contributed by atoms with Crippen molar-refractivity contribution in [2.45, 2.75) is 25.3 Å². The average molecular weight is 385 g/mol. The molecular formula is C18H19N5O3S. The van der Waals surface area contributed by atoms with Crippen molar-refractivity contribution in [1.82, 2.24) is 19.9 Å². The number of para-hydroxylation sites is 1. The van der Waals surface area contributed by atoms with Gasteiger partial charge in [0.15, 0.2) is 5.13 Å². The maximum Gasteiger partial charge on any atom is 0.329 e. The molecule has 1 aromatic carbocycles. The number of amides is 1. The van der Waals surface area contributed by atoms with Crippen LogP contribution in [0.2, 0.25) is 0 Å². The smallest absolute Gasteiger partial charge is 0.317 e. The molecule has 4 rings (SSSR count). The number of nitrogens with zero attached hydrogens (tertiary/aromatic N) is 2. The van der Waals surface area contributed by atoms with E-state index < -0.39 is 17.2 Å². The molecule has 3 N–H and O–H groups in total. The Morgan fingerprint density at radius 3 is 2.85 bits per heavy atom. The highest BCUT2D eigenvalue weighted by Crippen LogP contribution is 2.31. The van der Waals surface area contributed by atoms with Crippen LogP contribution >= 0.6 is 11.3 Å². The van der Waals surface area contributed by atoms with E-state index in [1.165, 1.54) is 11.3 Å². The number of hydrogen-bond acceptors (Lipinski definition) is 6. The molecule has 0 aliphatic carbocycles. The number of nitrogens with one attached hydrogen (secondary N) is 3. The van der Waals surface area contributed by atoms with Gasteiger partial charge in [0.2, 0.25) is 5.91 Å². The minimum atomic E-state index is -0.608. The SMILES string of the molecule is O=C(Cn1c(=O)[nH]c2ccccc2c1=O)Nc1ncc(C2CCNCC2)s1. The zero-order valence-corrected chi connectivity index (χ0v) is 15.3. The normalized spacial score (nSPS) is 15.1. The Morgan fingerprint density at radius 1 is 1.26 bits per heavy atom. The van der Waals surface area contributed by atoms with Crippen LogP contribution in [0.3, 0.4) is 0 Å². The van der Waals surface area contributed by atoms with E-state index in [9.17, 15) is 14.4 Å². The van der Waals surface area contributed by atoms with Crippen molar-refractivity contribution in [2.24, 2.45) is 0 Å². The minimum Gasteiger partial charge on any atom is -0.317 e. The molecule has 0 atom stereocenters. The highest BCUT2D eigenvalue weighted by Gasteiger charge is 2.19. The van der Waals surface area contributed by atoms with Crippen LogP contribution in [0, 0.1) is 0 Å². The number of hydrogen-bond donors (Lipinski definition) is 3. The largest absolute Gasteiger partial charge is 0.329 e. The monoisotopic (exact) mass is 385 g/mol. The zero-order valence-electron chi connectivity index (χ0n) is 14.5. The first-order chi connectivity index (χ1) is 13.1. The van der Waals surface area contributed by atoms with E-state index >= 15 is 0 Å². The lowest BCUT2D eigenvalue weighted by Crippen LogP contribution is -2.38. The maximum atomic E-state index is 12.5. The van der Waals surface area contributed by atoms with E-state index in [2.05, 4.69) is 20.6 Å². The van der Waals surface area contributed by atoms with E-state index in [0.717, 1.165) is 35.4 Å². The summed E-state index contributed by atoms with van der Waals surface area (Å²) in [6.07, 6.45) is 3.90. The topological polar surface area (TPSA) is 109 Å². The molecule has 1 amide bonds. The number of fused-ring (bicyclic) bond motifs is 1. The van der Waals surface area contributed by atoms with Crippen LogP contribution in [-0.4, -0.2) is 33.5 Å². The molecular weight excluding hydrogens is 366 g/mol. The number of carbonyl (C=O) groups is 1. The number of anilines is 1. The number of piperidine rings is 1. The molecule has 3 aromatic rings. The van der Waals surface area contributed by atoms with E-state index in [1.807, 2.05) is 0 Å². The third-order valence-corrected chi connectivity index (χ3v) is 5.78. The number of aromatic nitrogens is 3. The van der Waals surface area contributed by atoms with Gasteiger partial charge in [0.1, 0.15) is 6.54 Å². The minimum absolute atomic E-state index is 0.360. The Hall–Kier alpha value is -2.78. The number of thiazole rings is 1. The summed E-state index contributed by atoms with van der Waals surface area (Å²) < 4.78 is 0.902. The first-order valence-corrected chi connectivity index (χ1v) is 9.61. The summed E-state index contributed by atoms with van der Waals surface area (Å²) in [7, 11) is 0. The van der Waals surface area contributed by atoms with Crippen molar-refractivity contribution in [3.63, 3.8) is 0 Å². The molecule has 0 bridgehead atoms. The Bertz CT molecular complexity index is 1090. The molecule has 1 fully saturated rings. The van der Waals surface area contributed by atoms with Crippen molar-refractivity contribution in [3.05, 3.63) is 56.2 Å². The van der Waals surface area contributed by atoms with E-state index in [4.69, 9.17) is 0 Å². The molecule has 140 valence electrons. The molecule has 8 nitrogen and oxygen atoms in total. The lowest BCUT2D eigenvalue weighted by molar-refractivity contribution is -0.116. The van der Waals surface area contributed by atoms with Gasteiger partial charge in [-0.2, -0.15) is 0 Å². The molecule has 0 unspecified atom stereocenters. The van der Waals surface area contributed by atoms with Crippen molar-refractivity contribution in [3.8, 4) is 0 Å². The van der Waals surface area contributed by atoms with Gasteiger partial charge in [0.25, 0.3) is 5.56 Å². The fourth-order valence-corrected chi connectivity index (χ4v) is 4.29. The second kappa shape index (κ2) is 7.45. The van der Waals surface area contributed by atoms with Crippen LogP contribution in [-0.2, 0) is 11.3 Å². The maximum absolute atomic E-state index is 12.5. The fourth-order valence-electron chi connectivity index (χ4n) is 3.28. The summed E-state index contributed by atoms with van der Waals surface area (Å²) in [5.41, 5.74) is -0.641. The number of aromatic amines is 1. The summed E-state index contributed by atoms with van der Waals surface area (Å²) in [6.45, 7) is 1.61. The fraction of sp³-hybridized carbons (Fsp3) is 0.333. The van der Waals surface area contributed by atoms with Gasteiger partial charge in [-0.05, 0) is 44.0 Å². The van der Waals surface area contributed by atoms with Gasteiger partial charge in [-0.15, -0.1) is 11.3 Å². The Morgan fingerprint density at radius 2 is 2.04 bits per heavy atom. The van der Waals surface area contributed by atoms with Gasteiger partial charge in [-0.3, -0.25) is 14.2 Å². The van der Waals surface area contributed by atoms with Crippen LogP contribution in [0.5, 0.6) is 0 Å². The van der Waals surface area contributed by atoms with Crippen molar-refractivity contribution >= 4 is 33.3 Å². The summed E-state index contributed by atoms with van der Waals surface area (Å²) in [5.74, 6) is 0.00412. The molecule has 1 aliphatic heterocycles. The number of carbonyl (C=O) groups excluding carboxylic acids is 1. The van der Waals surface area contributed by atoms with E-state index in [0.29, 0.717) is 22.0 Å². The van der Waals surface area contributed by atoms with Gasteiger partial charge in [0, 0.05) is 11.1 Å². The zero-order chi connectivity index (χ0) is 18.8. The number of rotatable bonds is 4. The summed E-state index contributed by atoms with van der Waals surface area (Å²) in [5, 5.41) is 6.87. The quantitative estimate of drug-likeness (QED) is 0.626. The highest BCUT2D eigenvalue weighted by atomic mass is 32.1. The molecule has 0 saturated carbocycles. The highest BCUT2D eigenvalue weighted by molar-refractivity contribution is 7.15. The third-order valence-electron chi connectivity index (χ3n) is 4.70. The van der Waals surface area contributed by atoms with Gasteiger partial charge in [-0.1, -0.05) is 12.1 Å². The van der Waals surface area contributed by atoms with Crippen LogP contribution in [0.4, 0.5) is 5.13 Å². The second-order valence-corrected chi connectivity index (χ2v) is 7.57. The van der Waals surface area contributed by atoms with Crippen molar-refractivity contribution in [1.29, 1.82) is 0 Å². The van der Waals surface area contributed by atoms with Crippen LogP contribution in [0.25, 0.3) is 10.9 Å². The lowest BCUT2D eigenvalue weighted by atomic mass is 9.97. The molecule has 3 heterocycles. The Balaban J connectivity index is 1.50. The van der Waals surface area contributed by atoms with Crippen LogP contribution < -0.4 is 21.9 Å². The lowest BCUT2D eigenvalue weighted by Gasteiger charge is -2.20. The van der Waals surface area contributed by atoms with E-state index in [-0.39, 0.29) is 6.54 Å². The summed E-state index contributed by atoms with van der Waals surface area (Å²) in [4.78, 5) is 45.0. The molecule has 0 radical (unpaired) electrons. The molecule has 1 saturated heterocycles. The van der Waals surface area contributed by atoms with Crippen LogP contribution in [0.1, 0.15) is 23.6 Å². The van der Waals surface area contributed by atoms with Crippen molar-refractivity contribution in [2.75, 3.05) is 18.4 Å². The van der Waals surface area contributed by atoms with Crippen molar-refractivity contribution < 1.29 is 4.79 Å². The molecule has 2 aromatic heterocycles. The number of H-pyrrole nitrogens is 1. The van der Waals surface area contributed by atoms with Gasteiger partial charge >= 0.3 is 5.69 Å². The first-order valence-electron chi connectivity index (χ1n) is 8.80. The Labute approximate surface area is 158 Å². The van der Waals surface area contributed by atoms with Gasteiger partial charge < -0.3 is 15.6 Å². The average Bonchev–Trinajstić information content (AvgIpc) is 3.14. The molecule has 0 spiro atoms. The predicted octanol–water partition coefficient (Wildman–Crippen LogP) is 1.25. The van der Waals surface area contributed by atoms with Gasteiger partial charge in [-0.25, -0.2) is 9.78 Å². The summed E-state index contributed by atoms with van der Waals surface area (Å²) >= 11 is 1.45. The Kier molecular flexibility index (Phi) is 4.87. The van der Waals surface area contributed by atoms with E-state index in [1.54, 1.807) is 30.5 Å². The molecule has 1 aliphatic rings. The third kappa shape index (κ3) is 3.69. The standard InChI is InChI=1S/C18H19N5O3S/c24-15(22-17-20-9-14(27-17)11-5-7-19-8-6-11)10-23-16(25)12-3-1-2-4-13(12)21-18(23)26/h1-4,9,11,19H,5-8,10H2,(H,21,26)(H,20,22,24). The first kappa shape index (κ1) is 17.6. The second-order valence-electron chi connectivity index (χ2n) is 6.51. The van der Waals surface area contributed by atoms with Crippen LogP contribution in [0.15, 0.2) is 40.1 Å². The summed E-state index contributed by atoms with van der Waals surface area (Å²) in [6, 6.07) is 6.72. The predicted molar refractivity (Wildman–Crippen MR) is 104 cm³/mol.